The summed E-state index contributed by atoms with van der Waals surface area (Å²) >= 11 is 0. The molecule has 192 valence electrons. The number of amides is 2. The fourth-order valence-corrected chi connectivity index (χ4v) is 3.02. The maximum absolute atomic E-state index is 12.9. The largest absolute Gasteiger partial charge is 0.471 e. The summed E-state index contributed by atoms with van der Waals surface area (Å²) in [7, 11) is 0.701. The number of nitrogens with one attached hydrogen (secondary N) is 1. The first-order valence-electron chi connectivity index (χ1n) is 10.4. The molecule has 34 heavy (non-hydrogen) atoms. The molecule has 0 aliphatic carbocycles. The highest BCUT2D eigenvalue weighted by Crippen LogP contribution is 2.22. The zero-order chi connectivity index (χ0) is 26.4. The van der Waals surface area contributed by atoms with Gasteiger partial charge in [0.05, 0.1) is 12.2 Å². The highest BCUT2D eigenvalue weighted by Gasteiger charge is 2.45. The molecule has 1 rings (SSSR count). The molecule has 14 heteroatoms. The minimum absolute atomic E-state index is 0.00606. The molecule has 8 nitrogen and oxygen atoms in total. The maximum atomic E-state index is 12.9. The van der Waals surface area contributed by atoms with E-state index in [1.807, 2.05) is 12.2 Å². The number of ketones is 1. The van der Waals surface area contributed by atoms with Crippen LogP contribution in [-0.4, -0.2) is 52.6 Å². The van der Waals surface area contributed by atoms with Crippen LogP contribution < -0.4 is 15.8 Å². The van der Waals surface area contributed by atoms with Crippen LogP contribution in [0.5, 0.6) is 0 Å². The quantitative estimate of drug-likeness (QED) is 0.393. The van der Waals surface area contributed by atoms with E-state index in [9.17, 15) is 45.5 Å². The SMILES string of the molecule is CCCCCc1ncc(N(C)C(=O)C(F)(F)F)c(=O)n1CC(=O)NC(C(=O)C(F)(F)F)C(C)C. The van der Waals surface area contributed by atoms with Crippen LogP contribution in [0.2, 0.25) is 0 Å². The molecule has 2 amide bonds. The van der Waals surface area contributed by atoms with E-state index in [1.165, 1.54) is 13.8 Å². The molecular weight excluding hydrogens is 474 g/mol. The Labute approximate surface area is 191 Å². The number of aromatic nitrogens is 2. The Morgan fingerprint density at radius 1 is 1.09 bits per heavy atom. The van der Waals surface area contributed by atoms with Crippen molar-refractivity contribution < 1.29 is 40.7 Å². The molecule has 1 atom stereocenters. The fraction of sp³-hybridized carbons (Fsp3) is 0.650. The summed E-state index contributed by atoms with van der Waals surface area (Å²) in [4.78, 5) is 52.5. The molecule has 0 bridgehead atoms. The molecule has 0 aliphatic heterocycles. The van der Waals surface area contributed by atoms with E-state index >= 15 is 0 Å². The lowest BCUT2D eigenvalue weighted by Crippen LogP contribution is -2.51. The van der Waals surface area contributed by atoms with Gasteiger partial charge in [-0.05, 0) is 12.3 Å². The number of carbonyl (C=O) groups excluding carboxylic acids is 3. The average Bonchev–Trinajstić information content (AvgIpc) is 2.71. The van der Waals surface area contributed by atoms with Gasteiger partial charge in [-0.3, -0.25) is 23.7 Å². The van der Waals surface area contributed by atoms with Crippen LogP contribution in [0, 0.1) is 5.92 Å². The Kier molecular flexibility index (Phi) is 9.82. The number of hydrogen-bond acceptors (Lipinski definition) is 5. The maximum Gasteiger partial charge on any atom is 0.471 e. The van der Waals surface area contributed by atoms with E-state index in [4.69, 9.17) is 0 Å². The van der Waals surface area contributed by atoms with Crippen molar-refractivity contribution in [3.05, 3.63) is 22.4 Å². The Morgan fingerprint density at radius 2 is 1.68 bits per heavy atom. The van der Waals surface area contributed by atoms with Crippen molar-refractivity contribution in [1.29, 1.82) is 0 Å². The molecule has 1 aromatic rings. The predicted molar refractivity (Wildman–Crippen MR) is 109 cm³/mol. The zero-order valence-corrected chi connectivity index (χ0v) is 19.0. The van der Waals surface area contributed by atoms with Crippen LogP contribution >= 0.6 is 0 Å². The minimum Gasteiger partial charge on any atom is -0.344 e. The van der Waals surface area contributed by atoms with E-state index in [1.54, 1.807) is 0 Å². The third-order valence-electron chi connectivity index (χ3n) is 4.87. The second-order valence-corrected chi connectivity index (χ2v) is 7.92. The second-order valence-electron chi connectivity index (χ2n) is 7.92. The zero-order valence-electron chi connectivity index (χ0n) is 19.0. The summed E-state index contributed by atoms with van der Waals surface area (Å²) in [6, 6.07) is -1.93. The number of Topliss-reactive ketones (excluding diaryl/α,β-unsaturated/α-hetero) is 1. The van der Waals surface area contributed by atoms with Gasteiger partial charge in [0.2, 0.25) is 5.91 Å². The van der Waals surface area contributed by atoms with Gasteiger partial charge in [0.1, 0.15) is 18.1 Å². The summed E-state index contributed by atoms with van der Waals surface area (Å²) in [6.07, 6.45) is -7.61. The van der Waals surface area contributed by atoms with Crippen LogP contribution in [0.1, 0.15) is 45.9 Å². The number of nitrogens with zero attached hydrogens (tertiary/aromatic N) is 3. The lowest BCUT2D eigenvalue weighted by Gasteiger charge is -2.23. The summed E-state index contributed by atoms with van der Waals surface area (Å²) in [5, 5.41) is 1.93. The number of rotatable bonds is 10. The van der Waals surface area contributed by atoms with Gasteiger partial charge in [0.25, 0.3) is 11.3 Å². The van der Waals surface area contributed by atoms with Crippen molar-refractivity contribution in [2.45, 2.75) is 71.4 Å². The van der Waals surface area contributed by atoms with E-state index in [0.717, 1.165) is 12.6 Å². The van der Waals surface area contributed by atoms with Crippen molar-refractivity contribution in [1.82, 2.24) is 14.9 Å². The first-order valence-corrected chi connectivity index (χ1v) is 10.4. The number of anilines is 1. The van der Waals surface area contributed by atoms with Gasteiger partial charge < -0.3 is 10.2 Å². The number of unbranched alkanes of at least 4 members (excludes halogenated alkanes) is 2. The van der Waals surface area contributed by atoms with Gasteiger partial charge in [0, 0.05) is 13.5 Å². The minimum atomic E-state index is -5.29. The van der Waals surface area contributed by atoms with Crippen molar-refractivity contribution in [2.24, 2.45) is 5.92 Å². The number of alkyl halides is 6. The number of carbonyl (C=O) groups is 3. The molecule has 1 unspecified atom stereocenters. The molecule has 0 aliphatic rings. The summed E-state index contributed by atoms with van der Waals surface area (Å²) in [6.45, 7) is 3.52. The molecule has 0 radical (unpaired) electrons. The van der Waals surface area contributed by atoms with E-state index in [-0.39, 0.29) is 17.1 Å². The first kappa shape index (κ1) is 29.1. The lowest BCUT2D eigenvalue weighted by molar-refractivity contribution is -0.174. The molecule has 1 N–H and O–H groups in total. The van der Waals surface area contributed by atoms with Crippen molar-refractivity contribution >= 4 is 23.3 Å². The normalized spacial score (nSPS) is 13.0. The Bertz CT molecular complexity index is 956. The third-order valence-corrected chi connectivity index (χ3v) is 4.87. The topological polar surface area (TPSA) is 101 Å². The third kappa shape index (κ3) is 7.55. The molecule has 1 aromatic heterocycles. The summed E-state index contributed by atoms with van der Waals surface area (Å²) in [5.41, 5.74) is -1.94. The first-order chi connectivity index (χ1) is 15.5. The predicted octanol–water partition coefficient (Wildman–Crippen LogP) is 2.77. The molecule has 1 heterocycles. The highest BCUT2D eigenvalue weighted by atomic mass is 19.4. The Hall–Kier alpha value is -2.93. The number of aryl methyl sites for hydroxylation is 1. The van der Waals surface area contributed by atoms with Gasteiger partial charge in [-0.15, -0.1) is 0 Å². The Morgan fingerprint density at radius 3 is 2.15 bits per heavy atom. The van der Waals surface area contributed by atoms with Crippen LogP contribution in [0.4, 0.5) is 32.0 Å². The molecular formula is C20H26F6N4O4. The van der Waals surface area contributed by atoms with Gasteiger partial charge in [-0.25, -0.2) is 4.98 Å². The summed E-state index contributed by atoms with van der Waals surface area (Å²) in [5.74, 6) is -6.64. The van der Waals surface area contributed by atoms with E-state index in [2.05, 4.69) is 4.98 Å². The molecule has 0 saturated heterocycles. The van der Waals surface area contributed by atoms with Crippen LogP contribution in [0.25, 0.3) is 0 Å². The van der Waals surface area contributed by atoms with Crippen LogP contribution in [0.15, 0.2) is 11.0 Å². The van der Waals surface area contributed by atoms with E-state index < -0.39 is 59.7 Å². The van der Waals surface area contributed by atoms with Crippen molar-refractivity contribution in [2.75, 3.05) is 11.9 Å². The van der Waals surface area contributed by atoms with Crippen LogP contribution in [0.3, 0.4) is 0 Å². The smallest absolute Gasteiger partial charge is 0.344 e. The Balaban J connectivity index is 3.36. The number of hydrogen-bond donors (Lipinski definition) is 1. The van der Waals surface area contributed by atoms with Gasteiger partial charge in [-0.2, -0.15) is 26.3 Å². The molecule has 0 spiro atoms. The molecule has 0 saturated carbocycles. The average molecular weight is 500 g/mol. The molecule has 0 aromatic carbocycles. The van der Waals surface area contributed by atoms with Crippen LogP contribution in [-0.2, 0) is 27.3 Å². The second kappa shape index (κ2) is 11.5. The van der Waals surface area contributed by atoms with E-state index in [0.29, 0.717) is 24.5 Å². The highest BCUT2D eigenvalue weighted by molar-refractivity contribution is 5.96. The lowest BCUT2D eigenvalue weighted by atomic mass is 9.99. The van der Waals surface area contributed by atoms with Crippen molar-refractivity contribution in [3.63, 3.8) is 0 Å². The van der Waals surface area contributed by atoms with Gasteiger partial charge >= 0.3 is 18.3 Å². The monoisotopic (exact) mass is 500 g/mol. The fourth-order valence-electron chi connectivity index (χ4n) is 3.02. The number of halogens is 6. The summed E-state index contributed by atoms with van der Waals surface area (Å²) < 4.78 is 77.6. The molecule has 0 fully saturated rings. The van der Waals surface area contributed by atoms with Crippen molar-refractivity contribution in [3.8, 4) is 0 Å². The van der Waals surface area contributed by atoms with Gasteiger partial charge in [-0.1, -0.05) is 33.6 Å². The van der Waals surface area contributed by atoms with Gasteiger partial charge in [0.15, 0.2) is 0 Å². The standard InChI is InChI=1S/C20H26F6N4O4/c1-5-6-7-8-13-27-9-12(29(4)18(34)20(24,25)26)17(33)30(13)10-14(31)28-15(11(2)3)16(32)19(21,22)23/h9,11,15H,5-8,10H2,1-4H3,(H,28,31).